The van der Waals surface area contributed by atoms with Crippen molar-refractivity contribution in [1.29, 1.82) is 5.26 Å². The molecule has 2 rings (SSSR count). The summed E-state index contributed by atoms with van der Waals surface area (Å²) < 4.78 is 37.7. The van der Waals surface area contributed by atoms with E-state index in [1.165, 1.54) is 24.3 Å². The molecule has 0 atom stereocenters. The van der Waals surface area contributed by atoms with Crippen molar-refractivity contribution < 1.29 is 13.2 Å². The smallest absolute Gasteiger partial charge is 0.350 e. The first kappa shape index (κ1) is 10.8. The molecule has 0 amide bonds. The molecular formula is C10H4ClF3N2. The SMILES string of the molecule is N#Cc1c(C(F)(F)F)[nH]c2cccc(Cl)c12. The molecule has 0 fully saturated rings. The Hall–Kier alpha value is -1.67. The number of nitriles is 1. The first-order valence-electron chi connectivity index (χ1n) is 4.22. The number of aromatic nitrogens is 1. The molecule has 1 heterocycles. The molecule has 16 heavy (non-hydrogen) atoms. The van der Waals surface area contributed by atoms with Crippen molar-refractivity contribution in [2.45, 2.75) is 6.18 Å². The lowest BCUT2D eigenvalue weighted by Crippen LogP contribution is -2.07. The minimum atomic E-state index is -4.59. The van der Waals surface area contributed by atoms with Crippen LogP contribution in [0.15, 0.2) is 18.2 Å². The predicted octanol–water partition coefficient (Wildman–Crippen LogP) is 3.71. The van der Waals surface area contributed by atoms with Crippen molar-refractivity contribution in [3.05, 3.63) is 34.5 Å². The van der Waals surface area contributed by atoms with Gasteiger partial charge in [0.1, 0.15) is 11.8 Å². The Morgan fingerprint density at radius 1 is 1.31 bits per heavy atom. The first-order chi connectivity index (χ1) is 7.45. The highest BCUT2D eigenvalue weighted by molar-refractivity contribution is 6.35. The number of hydrogen-bond acceptors (Lipinski definition) is 1. The van der Waals surface area contributed by atoms with E-state index in [4.69, 9.17) is 16.9 Å². The molecule has 2 aromatic rings. The molecule has 0 aliphatic carbocycles. The summed E-state index contributed by atoms with van der Waals surface area (Å²) in [5, 5.41) is 9.00. The third kappa shape index (κ3) is 1.51. The van der Waals surface area contributed by atoms with E-state index in [-0.39, 0.29) is 15.9 Å². The lowest BCUT2D eigenvalue weighted by Gasteiger charge is -2.02. The topological polar surface area (TPSA) is 39.6 Å². The van der Waals surface area contributed by atoms with Crippen LogP contribution in [-0.4, -0.2) is 4.98 Å². The second kappa shape index (κ2) is 3.42. The van der Waals surface area contributed by atoms with E-state index >= 15 is 0 Å². The van der Waals surface area contributed by atoms with Crippen LogP contribution in [0.4, 0.5) is 13.2 Å². The predicted molar refractivity (Wildman–Crippen MR) is 53.0 cm³/mol. The average molecular weight is 245 g/mol. The van der Waals surface area contributed by atoms with Crippen LogP contribution in [0.5, 0.6) is 0 Å². The molecule has 1 aromatic heterocycles. The zero-order chi connectivity index (χ0) is 11.9. The van der Waals surface area contributed by atoms with Gasteiger partial charge >= 0.3 is 6.18 Å². The highest BCUT2D eigenvalue weighted by Crippen LogP contribution is 2.37. The molecule has 0 spiro atoms. The standard InChI is InChI=1S/C10H4ClF3N2/c11-6-2-1-3-7-8(6)5(4-15)9(16-7)10(12,13)14/h1-3,16H. The van der Waals surface area contributed by atoms with Gasteiger partial charge in [0.25, 0.3) is 0 Å². The maximum atomic E-state index is 12.6. The number of benzene rings is 1. The van der Waals surface area contributed by atoms with Crippen LogP contribution in [0.1, 0.15) is 11.3 Å². The number of hydrogen-bond donors (Lipinski definition) is 1. The summed E-state index contributed by atoms with van der Waals surface area (Å²) in [5.74, 6) is 0. The van der Waals surface area contributed by atoms with Crippen LogP contribution >= 0.6 is 11.6 Å². The van der Waals surface area contributed by atoms with E-state index in [0.717, 1.165) is 0 Å². The fourth-order valence-electron chi connectivity index (χ4n) is 1.53. The normalized spacial score (nSPS) is 11.7. The number of H-pyrrole nitrogens is 1. The van der Waals surface area contributed by atoms with Crippen LogP contribution in [0.25, 0.3) is 10.9 Å². The summed E-state index contributed by atoms with van der Waals surface area (Å²) in [6.07, 6.45) is -4.59. The van der Waals surface area contributed by atoms with Crippen LogP contribution in [0.2, 0.25) is 5.02 Å². The highest BCUT2D eigenvalue weighted by Gasteiger charge is 2.37. The molecular weight excluding hydrogens is 241 g/mol. The van der Waals surface area contributed by atoms with E-state index in [0.29, 0.717) is 0 Å². The van der Waals surface area contributed by atoms with Gasteiger partial charge in [-0.05, 0) is 12.1 Å². The number of rotatable bonds is 0. The van der Waals surface area contributed by atoms with Gasteiger partial charge in [-0.3, -0.25) is 0 Å². The van der Waals surface area contributed by atoms with Crippen molar-refractivity contribution in [3.8, 4) is 6.07 Å². The fraction of sp³-hybridized carbons (Fsp3) is 0.100. The lowest BCUT2D eigenvalue weighted by atomic mass is 10.1. The largest absolute Gasteiger partial charge is 0.432 e. The van der Waals surface area contributed by atoms with E-state index in [9.17, 15) is 13.2 Å². The number of fused-ring (bicyclic) bond motifs is 1. The summed E-state index contributed by atoms with van der Waals surface area (Å²) in [6.45, 7) is 0. The highest BCUT2D eigenvalue weighted by atomic mass is 35.5. The second-order valence-electron chi connectivity index (χ2n) is 3.15. The number of nitrogens with zero attached hydrogens (tertiary/aromatic N) is 1. The quantitative estimate of drug-likeness (QED) is 0.754. The average Bonchev–Trinajstić information content (AvgIpc) is 2.57. The maximum absolute atomic E-state index is 12.6. The first-order valence-corrected chi connectivity index (χ1v) is 4.60. The molecule has 0 bridgehead atoms. The molecule has 0 unspecified atom stereocenters. The van der Waals surface area contributed by atoms with Crippen molar-refractivity contribution >= 4 is 22.5 Å². The number of aromatic amines is 1. The molecule has 2 nitrogen and oxygen atoms in total. The molecule has 82 valence electrons. The Bertz CT molecular complexity index is 592. The van der Waals surface area contributed by atoms with E-state index in [2.05, 4.69) is 4.98 Å². The summed E-state index contributed by atoms with van der Waals surface area (Å²) in [7, 11) is 0. The van der Waals surface area contributed by atoms with Gasteiger partial charge in [-0.25, -0.2) is 0 Å². The summed E-state index contributed by atoms with van der Waals surface area (Å²) >= 11 is 5.77. The zero-order valence-electron chi connectivity index (χ0n) is 7.69. The molecule has 1 N–H and O–H groups in total. The van der Waals surface area contributed by atoms with Gasteiger partial charge in [0.2, 0.25) is 0 Å². The van der Waals surface area contributed by atoms with E-state index < -0.39 is 17.4 Å². The molecule has 0 radical (unpaired) electrons. The minimum Gasteiger partial charge on any atom is -0.350 e. The molecule has 0 saturated carbocycles. The number of alkyl halides is 3. The lowest BCUT2D eigenvalue weighted by molar-refractivity contribution is -0.140. The van der Waals surface area contributed by atoms with Crippen LogP contribution in [0.3, 0.4) is 0 Å². The molecule has 0 aliphatic rings. The second-order valence-corrected chi connectivity index (χ2v) is 3.55. The monoisotopic (exact) mass is 244 g/mol. The van der Waals surface area contributed by atoms with Crippen molar-refractivity contribution in [2.24, 2.45) is 0 Å². The summed E-state index contributed by atoms with van der Waals surface area (Å²) in [5.41, 5.74) is -1.32. The Morgan fingerprint density at radius 2 is 2.00 bits per heavy atom. The van der Waals surface area contributed by atoms with Crippen molar-refractivity contribution in [2.75, 3.05) is 0 Å². The number of halogens is 4. The Morgan fingerprint density at radius 3 is 2.56 bits per heavy atom. The minimum absolute atomic E-state index is 0.110. The Kier molecular flexibility index (Phi) is 2.32. The van der Waals surface area contributed by atoms with Crippen molar-refractivity contribution in [1.82, 2.24) is 4.98 Å². The molecule has 0 aliphatic heterocycles. The maximum Gasteiger partial charge on any atom is 0.432 e. The van der Waals surface area contributed by atoms with Gasteiger partial charge in [-0.15, -0.1) is 0 Å². The molecule has 6 heteroatoms. The van der Waals surface area contributed by atoms with Gasteiger partial charge in [-0.1, -0.05) is 17.7 Å². The molecule has 1 aromatic carbocycles. The van der Waals surface area contributed by atoms with E-state index in [1.54, 1.807) is 0 Å². The third-order valence-electron chi connectivity index (χ3n) is 2.17. The van der Waals surface area contributed by atoms with Gasteiger partial charge < -0.3 is 4.98 Å². The van der Waals surface area contributed by atoms with Crippen LogP contribution in [0, 0.1) is 11.3 Å². The van der Waals surface area contributed by atoms with Crippen molar-refractivity contribution in [3.63, 3.8) is 0 Å². The molecule has 0 saturated heterocycles. The third-order valence-corrected chi connectivity index (χ3v) is 2.48. The van der Waals surface area contributed by atoms with E-state index in [1.807, 2.05) is 0 Å². The van der Waals surface area contributed by atoms with Gasteiger partial charge in [0.05, 0.1) is 10.6 Å². The number of nitrogens with one attached hydrogen (secondary N) is 1. The summed E-state index contributed by atoms with van der Waals surface area (Å²) in [4.78, 5) is 2.16. The Labute approximate surface area is 93.2 Å². The van der Waals surface area contributed by atoms with Gasteiger partial charge in [0.15, 0.2) is 0 Å². The van der Waals surface area contributed by atoms with Gasteiger partial charge in [0, 0.05) is 10.9 Å². The summed E-state index contributed by atoms with van der Waals surface area (Å²) in [6, 6.07) is 5.93. The zero-order valence-corrected chi connectivity index (χ0v) is 8.45. The Balaban J connectivity index is 2.90. The van der Waals surface area contributed by atoms with Gasteiger partial charge in [-0.2, -0.15) is 18.4 Å². The van der Waals surface area contributed by atoms with Crippen LogP contribution in [-0.2, 0) is 6.18 Å². The van der Waals surface area contributed by atoms with Crippen LogP contribution < -0.4 is 0 Å². The fourth-order valence-corrected chi connectivity index (χ4v) is 1.80.